The molecule has 0 unspecified atom stereocenters. The molecule has 0 radical (unpaired) electrons. The van der Waals surface area contributed by atoms with Gasteiger partial charge in [-0.2, -0.15) is 0 Å². The zero-order valence-corrected chi connectivity index (χ0v) is 13.6. The maximum absolute atomic E-state index is 11.9. The molecule has 2 aromatic heterocycles. The lowest BCUT2D eigenvalue weighted by Gasteiger charge is -2.24. The number of imidazole rings is 1. The van der Waals surface area contributed by atoms with Crippen LogP contribution < -0.4 is 5.73 Å². The Bertz CT molecular complexity index is 637. The molecular weight excluding hydrogens is 292 g/mol. The largest absolute Gasteiger partial charge is 0.481 e. The number of carboxylic acids is 1. The third-order valence-electron chi connectivity index (χ3n) is 4.50. The van der Waals surface area contributed by atoms with Gasteiger partial charge in [0.05, 0.1) is 5.69 Å². The van der Waals surface area contributed by atoms with Crippen molar-refractivity contribution >= 4 is 5.97 Å². The van der Waals surface area contributed by atoms with Gasteiger partial charge in [-0.3, -0.25) is 9.36 Å². The maximum atomic E-state index is 11.9. The summed E-state index contributed by atoms with van der Waals surface area (Å²) in [6.07, 6.45) is 7.29. The molecule has 0 aliphatic carbocycles. The summed E-state index contributed by atoms with van der Waals surface area (Å²) in [7, 11) is 0. The summed E-state index contributed by atoms with van der Waals surface area (Å²) < 4.78 is 1.75. The van der Waals surface area contributed by atoms with Crippen LogP contribution in [0.5, 0.6) is 0 Å². The van der Waals surface area contributed by atoms with Crippen LogP contribution in [0, 0.1) is 5.92 Å². The minimum Gasteiger partial charge on any atom is -0.481 e. The second-order valence-electron chi connectivity index (χ2n) is 6.04. The summed E-state index contributed by atoms with van der Waals surface area (Å²) in [4.78, 5) is 20.4. The van der Waals surface area contributed by atoms with E-state index in [0.717, 1.165) is 12.8 Å². The van der Waals surface area contributed by atoms with Crippen molar-refractivity contribution in [3.05, 3.63) is 42.6 Å². The van der Waals surface area contributed by atoms with Gasteiger partial charge in [-0.05, 0) is 44.4 Å². The van der Waals surface area contributed by atoms with Crippen LogP contribution in [0.2, 0.25) is 0 Å². The molecule has 6 heteroatoms. The first kappa shape index (κ1) is 17.1. The van der Waals surface area contributed by atoms with E-state index in [9.17, 15) is 9.90 Å². The van der Waals surface area contributed by atoms with Crippen LogP contribution in [0.4, 0.5) is 0 Å². The molecule has 0 aliphatic heterocycles. The van der Waals surface area contributed by atoms with Crippen molar-refractivity contribution in [2.24, 2.45) is 11.7 Å². The van der Waals surface area contributed by atoms with Crippen molar-refractivity contribution in [1.29, 1.82) is 0 Å². The molecule has 0 saturated heterocycles. The second-order valence-corrected chi connectivity index (χ2v) is 6.04. The van der Waals surface area contributed by atoms with Crippen molar-refractivity contribution in [3.8, 4) is 5.82 Å². The summed E-state index contributed by atoms with van der Waals surface area (Å²) in [5, 5.41) is 9.73. The van der Waals surface area contributed by atoms with Gasteiger partial charge in [0.1, 0.15) is 17.6 Å². The van der Waals surface area contributed by atoms with Crippen LogP contribution in [-0.4, -0.2) is 32.2 Å². The molecule has 0 bridgehead atoms. The van der Waals surface area contributed by atoms with Crippen LogP contribution in [0.15, 0.2) is 36.9 Å². The smallest absolute Gasteiger partial charge is 0.315 e. The van der Waals surface area contributed by atoms with Crippen molar-refractivity contribution in [1.82, 2.24) is 14.5 Å². The van der Waals surface area contributed by atoms with Crippen molar-refractivity contribution in [2.75, 3.05) is 6.54 Å². The van der Waals surface area contributed by atoms with Crippen LogP contribution >= 0.6 is 0 Å². The van der Waals surface area contributed by atoms with Crippen LogP contribution in [0.25, 0.3) is 5.82 Å². The van der Waals surface area contributed by atoms with Crippen LogP contribution in [0.3, 0.4) is 0 Å². The highest BCUT2D eigenvalue weighted by atomic mass is 16.4. The zero-order valence-electron chi connectivity index (χ0n) is 13.6. The van der Waals surface area contributed by atoms with Gasteiger partial charge < -0.3 is 10.8 Å². The molecule has 3 N–H and O–H groups in total. The second kappa shape index (κ2) is 7.37. The molecule has 0 amide bonds. The van der Waals surface area contributed by atoms with E-state index >= 15 is 0 Å². The minimum atomic E-state index is -1.03. The predicted molar refractivity (Wildman–Crippen MR) is 88.4 cm³/mol. The molecular formula is C17H24N4O2. The summed E-state index contributed by atoms with van der Waals surface area (Å²) in [5.41, 5.74) is 5.25. The molecule has 2 rings (SSSR count). The van der Waals surface area contributed by atoms with Crippen molar-refractivity contribution in [3.63, 3.8) is 0 Å². The number of hydrogen-bond donors (Lipinski definition) is 2. The van der Waals surface area contributed by atoms with E-state index in [4.69, 9.17) is 5.73 Å². The summed E-state index contributed by atoms with van der Waals surface area (Å²) in [5.74, 6) is 0.189. The Labute approximate surface area is 136 Å². The predicted octanol–water partition coefficient (Wildman–Crippen LogP) is 2.37. The third-order valence-corrected chi connectivity index (χ3v) is 4.50. The first-order valence-corrected chi connectivity index (χ1v) is 7.90. The Balaban J connectivity index is 2.24. The van der Waals surface area contributed by atoms with Gasteiger partial charge in [-0.25, -0.2) is 9.97 Å². The van der Waals surface area contributed by atoms with Gasteiger partial charge in [0, 0.05) is 12.4 Å². The molecule has 23 heavy (non-hydrogen) atoms. The van der Waals surface area contributed by atoms with Gasteiger partial charge in [0.15, 0.2) is 0 Å². The lowest BCUT2D eigenvalue weighted by atomic mass is 9.80. The number of hydrogen-bond acceptors (Lipinski definition) is 4. The number of nitrogens with zero attached hydrogens (tertiary/aromatic N) is 3. The topological polar surface area (TPSA) is 94.0 Å². The average Bonchev–Trinajstić information content (AvgIpc) is 3.06. The fourth-order valence-electron chi connectivity index (χ4n) is 2.57. The zero-order chi connectivity index (χ0) is 16.9. The summed E-state index contributed by atoms with van der Waals surface area (Å²) in [6, 6.07) is 5.57. The lowest BCUT2D eigenvalue weighted by Crippen LogP contribution is -2.34. The molecule has 2 atom stereocenters. The molecule has 0 spiro atoms. The highest BCUT2D eigenvalue weighted by Crippen LogP contribution is 2.30. The van der Waals surface area contributed by atoms with Crippen LogP contribution in [-0.2, 0) is 10.2 Å². The Morgan fingerprint density at radius 1 is 1.43 bits per heavy atom. The summed E-state index contributed by atoms with van der Waals surface area (Å²) >= 11 is 0. The minimum absolute atomic E-state index is 0.339. The number of nitrogens with two attached hydrogens (primary N) is 1. The number of carbonyl (C=O) groups is 1. The van der Waals surface area contributed by atoms with E-state index in [0.29, 0.717) is 30.4 Å². The number of aliphatic carboxylic acids is 1. The van der Waals surface area contributed by atoms with Gasteiger partial charge in [-0.15, -0.1) is 0 Å². The fraction of sp³-hybridized carbons (Fsp3) is 0.471. The third kappa shape index (κ3) is 3.76. The first-order chi connectivity index (χ1) is 11.0. The fourth-order valence-corrected chi connectivity index (χ4v) is 2.57. The Morgan fingerprint density at radius 2 is 2.22 bits per heavy atom. The van der Waals surface area contributed by atoms with E-state index in [2.05, 4.69) is 16.9 Å². The number of pyridine rings is 1. The molecule has 2 aromatic rings. The Kier molecular flexibility index (Phi) is 5.50. The van der Waals surface area contributed by atoms with Gasteiger partial charge in [0.2, 0.25) is 0 Å². The van der Waals surface area contributed by atoms with E-state index < -0.39 is 11.4 Å². The van der Waals surface area contributed by atoms with Gasteiger partial charge in [-0.1, -0.05) is 19.4 Å². The van der Waals surface area contributed by atoms with E-state index in [1.807, 2.05) is 18.2 Å². The lowest BCUT2D eigenvalue weighted by molar-refractivity contribution is -0.143. The molecule has 2 heterocycles. The van der Waals surface area contributed by atoms with E-state index in [-0.39, 0.29) is 0 Å². The number of aromatic nitrogens is 3. The quantitative estimate of drug-likeness (QED) is 0.779. The summed E-state index contributed by atoms with van der Waals surface area (Å²) in [6.45, 7) is 4.38. The Hall–Kier alpha value is -2.21. The standard InChI is InChI=1S/C17H24N4O2/c1-3-13(10-18)7-8-17(2,16(22)23)14-11-21(12-20-14)15-6-4-5-9-19-15/h4-6,9,11-13H,3,7-8,10,18H2,1-2H3,(H,22,23)/t13-,17+/m1/s1. The van der Waals surface area contributed by atoms with E-state index in [1.54, 1.807) is 30.2 Å². The Morgan fingerprint density at radius 3 is 2.78 bits per heavy atom. The molecule has 0 saturated carbocycles. The van der Waals surface area contributed by atoms with Gasteiger partial charge in [0.25, 0.3) is 0 Å². The number of carboxylic acid groups (broad SMARTS) is 1. The SMILES string of the molecule is CC[C@@H](CN)CC[C@](C)(C(=O)O)c1cn(-c2ccccn2)cn1. The highest BCUT2D eigenvalue weighted by molar-refractivity contribution is 5.80. The van der Waals surface area contributed by atoms with E-state index in [1.165, 1.54) is 0 Å². The molecule has 0 aliphatic rings. The van der Waals surface area contributed by atoms with Crippen LogP contribution in [0.1, 0.15) is 38.8 Å². The normalized spacial score (nSPS) is 15.1. The highest BCUT2D eigenvalue weighted by Gasteiger charge is 2.37. The average molecular weight is 316 g/mol. The van der Waals surface area contributed by atoms with Crippen molar-refractivity contribution in [2.45, 2.75) is 38.5 Å². The molecule has 0 aromatic carbocycles. The monoisotopic (exact) mass is 316 g/mol. The molecule has 6 nitrogen and oxygen atoms in total. The number of rotatable bonds is 8. The first-order valence-electron chi connectivity index (χ1n) is 7.90. The maximum Gasteiger partial charge on any atom is 0.315 e. The van der Waals surface area contributed by atoms with Crippen molar-refractivity contribution < 1.29 is 9.90 Å². The molecule has 124 valence electrons. The molecule has 0 fully saturated rings. The van der Waals surface area contributed by atoms with Gasteiger partial charge >= 0.3 is 5.97 Å².